The van der Waals surface area contributed by atoms with Crippen LogP contribution in [0.3, 0.4) is 0 Å². The Morgan fingerprint density at radius 1 is 1.19 bits per heavy atom. The van der Waals surface area contributed by atoms with Crippen LogP contribution in [0, 0.1) is 11.8 Å². The molecule has 0 amide bonds. The highest BCUT2D eigenvalue weighted by molar-refractivity contribution is 5.91. The first-order valence-corrected chi connectivity index (χ1v) is 10.0. The molecule has 2 unspecified atom stereocenters. The normalized spacial score (nSPS) is 15.9. The van der Waals surface area contributed by atoms with E-state index in [1.807, 2.05) is 12.1 Å². The molecular formula is C23H36O4. The number of hydrogen-bond donors (Lipinski definition) is 1. The fourth-order valence-corrected chi connectivity index (χ4v) is 3.73. The number of esters is 1. The van der Waals surface area contributed by atoms with Crippen molar-refractivity contribution in [3.05, 3.63) is 34.9 Å². The van der Waals surface area contributed by atoms with Gasteiger partial charge < -0.3 is 9.84 Å². The maximum atomic E-state index is 12.3. The van der Waals surface area contributed by atoms with Crippen molar-refractivity contribution in [1.82, 2.24) is 0 Å². The van der Waals surface area contributed by atoms with Gasteiger partial charge in [0.05, 0.1) is 18.6 Å². The Labute approximate surface area is 164 Å². The van der Waals surface area contributed by atoms with Crippen LogP contribution in [0.1, 0.15) is 94.6 Å². The highest BCUT2D eigenvalue weighted by Crippen LogP contribution is 2.40. The number of carboxylic acid groups (broad SMARTS) is 1. The number of ether oxygens (including phenoxy) is 1. The molecule has 1 N–H and O–H groups in total. The van der Waals surface area contributed by atoms with Crippen LogP contribution >= 0.6 is 0 Å². The van der Waals surface area contributed by atoms with Crippen molar-refractivity contribution < 1.29 is 19.4 Å². The second-order valence-corrected chi connectivity index (χ2v) is 8.31. The monoisotopic (exact) mass is 376 g/mol. The van der Waals surface area contributed by atoms with Crippen LogP contribution in [0.15, 0.2) is 18.2 Å². The van der Waals surface area contributed by atoms with Crippen molar-refractivity contribution in [3.63, 3.8) is 0 Å². The molecule has 0 aliphatic carbocycles. The number of aliphatic carboxylic acids is 1. The number of carbonyl (C=O) groups excluding carboxylic acids is 1. The SMILES string of the molecule is CCC(C)C(C)(CCC[C@H](C)C(=O)O)c1ccc(C(C)C)c(C(=O)OC)c1. The fraction of sp³-hybridized carbons (Fsp3) is 0.652. The second-order valence-electron chi connectivity index (χ2n) is 8.31. The van der Waals surface area contributed by atoms with Crippen LogP contribution in [-0.2, 0) is 14.9 Å². The average Bonchev–Trinajstić information content (AvgIpc) is 2.65. The van der Waals surface area contributed by atoms with Gasteiger partial charge in [-0.25, -0.2) is 4.79 Å². The molecule has 0 spiro atoms. The van der Waals surface area contributed by atoms with Crippen LogP contribution < -0.4 is 0 Å². The van der Waals surface area contributed by atoms with Crippen molar-refractivity contribution in [2.24, 2.45) is 11.8 Å². The van der Waals surface area contributed by atoms with Gasteiger partial charge in [0.15, 0.2) is 0 Å². The average molecular weight is 377 g/mol. The fourth-order valence-electron chi connectivity index (χ4n) is 3.73. The zero-order chi connectivity index (χ0) is 20.8. The van der Waals surface area contributed by atoms with Gasteiger partial charge in [-0.15, -0.1) is 0 Å². The third-order valence-electron chi connectivity index (χ3n) is 6.19. The molecule has 0 saturated carbocycles. The smallest absolute Gasteiger partial charge is 0.338 e. The number of benzene rings is 1. The van der Waals surface area contributed by atoms with E-state index < -0.39 is 5.97 Å². The molecule has 27 heavy (non-hydrogen) atoms. The number of carbonyl (C=O) groups is 2. The molecule has 4 heteroatoms. The van der Waals surface area contributed by atoms with Gasteiger partial charge >= 0.3 is 11.9 Å². The Kier molecular flexibility index (Phi) is 8.52. The number of carboxylic acids is 1. The summed E-state index contributed by atoms with van der Waals surface area (Å²) in [6.45, 7) is 12.5. The minimum Gasteiger partial charge on any atom is -0.481 e. The summed E-state index contributed by atoms with van der Waals surface area (Å²) in [7, 11) is 1.42. The zero-order valence-corrected chi connectivity index (χ0v) is 18.0. The Hall–Kier alpha value is -1.84. The molecule has 0 aliphatic heterocycles. The molecule has 0 bridgehead atoms. The number of hydrogen-bond acceptors (Lipinski definition) is 3. The summed E-state index contributed by atoms with van der Waals surface area (Å²) in [6.07, 6.45) is 3.41. The van der Waals surface area contributed by atoms with Crippen LogP contribution in [0.4, 0.5) is 0 Å². The van der Waals surface area contributed by atoms with E-state index in [0.29, 0.717) is 17.9 Å². The van der Waals surface area contributed by atoms with Gasteiger partial charge in [0.1, 0.15) is 0 Å². The van der Waals surface area contributed by atoms with E-state index >= 15 is 0 Å². The molecular weight excluding hydrogens is 340 g/mol. The van der Waals surface area contributed by atoms with Crippen LogP contribution in [0.25, 0.3) is 0 Å². The van der Waals surface area contributed by atoms with E-state index in [-0.39, 0.29) is 23.2 Å². The Bertz CT molecular complexity index is 650. The van der Waals surface area contributed by atoms with Crippen molar-refractivity contribution in [2.75, 3.05) is 7.11 Å². The largest absolute Gasteiger partial charge is 0.481 e. The highest BCUT2D eigenvalue weighted by Gasteiger charge is 2.33. The summed E-state index contributed by atoms with van der Waals surface area (Å²) in [5, 5.41) is 9.14. The minimum absolute atomic E-state index is 0.120. The summed E-state index contributed by atoms with van der Waals surface area (Å²) in [5.74, 6) is -0.728. The van der Waals surface area contributed by atoms with Gasteiger partial charge in [-0.2, -0.15) is 0 Å². The molecule has 0 heterocycles. The van der Waals surface area contributed by atoms with Crippen molar-refractivity contribution in [3.8, 4) is 0 Å². The molecule has 0 aromatic heterocycles. The van der Waals surface area contributed by atoms with Crippen molar-refractivity contribution in [1.29, 1.82) is 0 Å². The molecule has 1 aromatic rings. The van der Waals surface area contributed by atoms with Crippen molar-refractivity contribution in [2.45, 2.75) is 78.6 Å². The number of methoxy groups -OCH3 is 1. The highest BCUT2D eigenvalue weighted by atomic mass is 16.5. The van der Waals surface area contributed by atoms with Crippen LogP contribution in [-0.4, -0.2) is 24.2 Å². The molecule has 1 aromatic carbocycles. The van der Waals surface area contributed by atoms with Crippen LogP contribution in [0.2, 0.25) is 0 Å². The predicted octanol–water partition coefficient (Wildman–Crippen LogP) is 5.79. The van der Waals surface area contributed by atoms with Gasteiger partial charge in [0.25, 0.3) is 0 Å². The summed E-state index contributed by atoms with van der Waals surface area (Å²) in [5.41, 5.74) is 2.64. The molecule has 3 atom stereocenters. The maximum Gasteiger partial charge on any atom is 0.338 e. The van der Waals surface area contributed by atoms with Crippen molar-refractivity contribution >= 4 is 11.9 Å². The standard InChI is InChI=1S/C23H36O4/c1-8-17(5)23(6,13-9-10-16(4)21(24)25)18-11-12-19(15(2)3)20(14-18)22(26)27-7/h11-12,14-17H,8-10,13H2,1-7H3,(H,24,25)/t16-,17?,23?/m0/s1. The van der Waals surface area contributed by atoms with Crippen LogP contribution in [0.5, 0.6) is 0 Å². The van der Waals surface area contributed by atoms with E-state index in [9.17, 15) is 9.59 Å². The summed E-state index contributed by atoms with van der Waals surface area (Å²) in [6, 6.07) is 6.18. The van der Waals surface area contributed by atoms with Gasteiger partial charge in [0, 0.05) is 0 Å². The first kappa shape index (κ1) is 23.2. The lowest BCUT2D eigenvalue weighted by Crippen LogP contribution is -2.31. The first-order valence-electron chi connectivity index (χ1n) is 10.0. The summed E-state index contributed by atoms with van der Waals surface area (Å²) >= 11 is 0. The van der Waals surface area contributed by atoms with E-state index in [1.54, 1.807) is 6.92 Å². The third-order valence-corrected chi connectivity index (χ3v) is 6.19. The molecule has 0 fully saturated rings. The lowest BCUT2D eigenvalue weighted by Gasteiger charge is -2.37. The van der Waals surface area contributed by atoms with E-state index in [0.717, 1.165) is 30.4 Å². The lowest BCUT2D eigenvalue weighted by molar-refractivity contribution is -0.141. The summed E-state index contributed by atoms with van der Waals surface area (Å²) < 4.78 is 5.02. The molecule has 152 valence electrons. The van der Waals surface area contributed by atoms with E-state index in [2.05, 4.69) is 40.7 Å². The van der Waals surface area contributed by atoms with E-state index in [1.165, 1.54) is 7.11 Å². The maximum absolute atomic E-state index is 12.3. The summed E-state index contributed by atoms with van der Waals surface area (Å²) in [4.78, 5) is 23.5. The van der Waals surface area contributed by atoms with Gasteiger partial charge in [-0.05, 0) is 47.3 Å². The third kappa shape index (κ3) is 5.57. The lowest BCUT2D eigenvalue weighted by atomic mass is 9.67. The minimum atomic E-state index is -0.741. The molecule has 0 saturated heterocycles. The second kappa shape index (κ2) is 9.91. The predicted molar refractivity (Wildman–Crippen MR) is 109 cm³/mol. The molecule has 4 nitrogen and oxygen atoms in total. The van der Waals surface area contributed by atoms with Gasteiger partial charge in [-0.3, -0.25) is 4.79 Å². The molecule has 1 rings (SSSR count). The van der Waals surface area contributed by atoms with E-state index in [4.69, 9.17) is 9.84 Å². The first-order chi connectivity index (χ1) is 12.6. The van der Waals surface area contributed by atoms with Gasteiger partial charge in [-0.1, -0.05) is 66.5 Å². The number of rotatable bonds is 10. The molecule has 0 aliphatic rings. The zero-order valence-electron chi connectivity index (χ0n) is 18.0. The Balaban J connectivity index is 3.26. The quantitative estimate of drug-likeness (QED) is 0.525. The Morgan fingerprint density at radius 3 is 2.30 bits per heavy atom. The molecule has 0 radical (unpaired) electrons. The Morgan fingerprint density at radius 2 is 1.81 bits per heavy atom. The topological polar surface area (TPSA) is 63.6 Å². The van der Waals surface area contributed by atoms with Gasteiger partial charge in [0.2, 0.25) is 0 Å².